The summed E-state index contributed by atoms with van der Waals surface area (Å²) in [5.41, 5.74) is 0.808. The van der Waals surface area contributed by atoms with Gasteiger partial charge in [0.15, 0.2) is 0 Å². The van der Waals surface area contributed by atoms with Gasteiger partial charge in [-0.3, -0.25) is 9.59 Å². The lowest BCUT2D eigenvalue weighted by molar-refractivity contribution is -0.121. The predicted octanol–water partition coefficient (Wildman–Crippen LogP) is 2.38. The van der Waals surface area contributed by atoms with E-state index < -0.39 is 5.41 Å². The first-order valence-electron chi connectivity index (χ1n) is 6.98. The highest BCUT2D eigenvalue weighted by Crippen LogP contribution is 2.23. The van der Waals surface area contributed by atoms with Gasteiger partial charge in [-0.05, 0) is 51.3 Å². The Labute approximate surface area is 124 Å². The molecule has 5 nitrogen and oxygen atoms in total. The van der Waals surface area contributed by atoms with Crippen molar-refractivity contribution < 1.29 is 9.59 Å². The lowest BCUT2D eigenvalue weighted by atomic mass is 9.94. The van der Waals surface area contributed by atoms with Crippen LogP contribution in [0.15, 0.2) is 18.2 Å². The molecule has 0 unspecified atom stereocenters. The molecule has 5 heteroatoms. The summed E-state index contributed by atoms with van der Waals surface area (Å²) in [4.78, 5) is 24.1. The number of anilines is 1. The van der Waals surface area contributed by atoms with Crippen LogP contribution in [-0.2, 0) is 4.79 Å². The third-order valence-corrected chi connectivity index (χ3v) is 3.51. The fourth-order valence-electron chi connectivity index (χ4n) is 1.72. The minimum absolute atomic E-state index is 0.132. The van der Waals surface area contributed by atoms with E-state index in [1.165, 1.54) is 0 Å². The van der Waals surface area contributed by atoms with Crippen molar-refractivity contribution in [3.05, 3.63) is 29.3 Å². The third-order valence-electron chi connectivity index (χ3n) is 3.51. The van der Waals surface area contributed by atoms with E-state index in [1.807, 2.05) is 13.0 Å². The van der Waals surface area contributed by atoms with E-state index in [0.717, 1.165) is 18.4 Å². The van der Waals surface area contributed by atoms with E-state index in [4.69, 9.17) is 5.26 Å². The van der Waals surface area contributed by atoms with Gasteiger partial charge in [0.25, 0.3) is 5.91 Å². The lowest BCUT2D eigenvalue weighted by Gasteiger charge is -2.17. The number of nitrogens with one attached hydrogen (secondary N) is 2. The molecule has 0 radical (unpaired) electrons. The molecule has 1 aliphatic rings. The highest BCUT2D eigenvalue weighted by molar-refractivity contribution is 6.00. The first-order chi connectivity index (χ1) is 9.83. The lowest BCUT2D eigenvalue weighted by Crippen LogP contribution is -2.30. The van der Waals surface area contributed by atoms with Gasteiger partial charge in [-0.1, -0.05) is 6.07 Å². The molecule has 0 spiro atoms. The van der Waals surface area contributed by atoms with Crippen LogP contribution >= 0.6 is 0 Å². The number of nitriles is 1. The van der Waals surface area contributed by atoms with Crippen LogP contribution in [0.3, 0.4) is 0 Å². The van der Waals surface area contributed by atoms with Crippen LogP contribution < -0.4 is 10.6 Å². The standard InChI is InChI=1S/C16H19N3O2/c1-10-4-5-11(14(20)18-12-6-7-12)8-13(10)19-15(21)16(2,3)9-17/h4-5,8,12H,6-7H2,1-3H3,(H,18,20)(H,19,21). The molecule has 2 amide bonds. The van der Waals surface area contributed by atoms with Crippen molar-refractivity contribution in [2.75, 3.05) is 5.32 Å². The summed E-state index contributed by atoms with van der Waals surface area (Å²) in [7, 11) is 0. The van der Waals surface area contributed by atoms with Crippen LogP contribution in [0.25, 0.3) is 0 Å². The average molecular weight is 285 g/mol. The summed E-state index contributed by atoms with van der Waals surface area (Å²) in [6, 6.07) is 7.42. The zero-order valence-corrected chi connectivity index (χ0v) is 12.5. The maximum Gasteiger partial charge on any atom is 0.251 e. The monoisotopic (exact) mass is 285 g/mol. The van der Waals surface area contributed by atoms with Crippen LogP contribution in [0, 0.1) is 23.7 Å². The molecular formula is C16H19N3O2. The molecule has 1 saturated carbocycles. The van der Waals surface area contributed by atoms with Crippen molar-refractivity contribution in [3.63, 3.8) is 0 Å². The van der Waals surface area contributed by atoms with Crippen LogP contribution in [0.2, 0.25) is 0 Å². The molecule has 1 aromatic carbocycles. The first kappa shape index (κ1) is 15.0. The molecule has 110 valence electrons. The molecule has 21 heavy (non-hydrogen) atoms. The Morgan fingerprint density at radius 3 is 2.57 bits per heavy atom. The van der Waals surface area contributed by atoms with Crippen molar-refractivity contribution in [3.8, 4) is 6.07 Å². The fraction of sp³-hybridized carbons (Fsp3) is 0.438. The largest absolute Gasteiger partial charge is 0.349 e. The highest BCUT2D eigenvalue weighted by Gasteiger charge is 2.28. The van der Waals surface area contributed by atoms with E-state index in [2.05, 4.69) is 10.6 Å². The Morgan fingerprint density at radius 1 is 1.33 bits per heavy atom. The number of carbonyl (C=O) groups excluding carboxylic acids is 2. The van der Waals surface area contributed by atoms with Crippen LogP contribution in [-0.4, -0.2) is 17.9 Å². The molecule has 2 rings (SSSR count). The molecule has 2 N–H and O–H groups in total. The number of benzene rings is 1. The maximum absolute atomic E-state index is 12.1. The van der Waals surface area contributed by atoms with Crippen molar-refractivity contribution in [2.45, 2.75) is 39.7 Å². The predicted molar refractivity (Wildman–Crippen MR) is 79.7 cm³/mol. The summed E-state index contributed by atoms with van der Waals surface area (Å²) in [5.74, 6) is -0.514. The molecule has 1 fully saturated rings. The van der Waals surface area contributed by atoms with Gasteiger partial charge in [0.2, 0.25) is 5.91 Å². The second-order valence-corrected chi connectivity index (χ2v) is 5.97. The molecule has 0 saturated heterocycles. The summed E-state index contributed by atoms with van der Waals surface area (Å²) < 4.78 is 0. The third kappa shape index (κ3) is 3.60. The van der Waals surface area contributed by atoms with Gasteiger partial charge in [-0.2, -0.15) is 5.26 Å². The average Bonchev–Trinajstić information content (AvgIpc) is 3.24. The Morgan fingerprint density at radius 2 is 2.00 bits per heavy atom. The molecule has 1 aromatic rings. The van der Waals surface area contributed by atoms with Gasteiger partial charge in [0.1, 0.15) is 5.41 Å². The van der Waals surface area contributed by atoms with Gasteiger partial charge in [0, 0.05) is 17.3 Å². The fourth-order valence-corrected chi connectivity index (χ4v) is 1.72. The zero-order valence-electron chi connectivity index (χ0n) is 12.5. The number of amides is 2. The molecule has 0 aromatic heterocycles. The number of carbonyl (C=O) groups is 2. The van der Waals surface area contributed by atoms with Crippen LogP contribution in [0.5, 0.6) is 0 Å². The van der Waals surface area contributed by atoms with E-state index in [-0.39, 0.29) is 17.9 Å². The Hall–Kier alpha value is -2.35. The number of hydrogen-bond acceptors (Lipinski definition) is 3. The maximum atomic E-state index is 12.1. The number of rotatable bonds is 4. The van der Waals surface area contributed by atoms with Gasteiger partial charge in [-0.25, -0.2) is 0 Å². The Kier molecular flexibility index (Phi) is 3.99. The van der Waals surface area contributed by atoms with E-state index in [9.17, 15) is 9.59 Å². The minimum Gasteiger partial charge on any atom is -0.349 e. The smallest absolute Gasteiger partial charge is 0.251 e. The summed E-state index contributed by atoms with van der Waals surface area (Å²) in [6.45, 7) is 4.96. The summed E-state index contributed by atoms with van der Waals surface area (Å²) >= 11 is 0. The SMILES string of the molecule is Cc1ccc(C(=O)NC2CC2)cc1NC(=O)C(C)(C)C#N. The number of hydrogen-bond donors (Lipinski definition) is 2. The molecule has 0 atom stereocenters. The number of aryl methyl sites for hydroxylation is 1. The number of nitrogens with zero attached hydrogens (tertiary/aromatic N) is 1. The highest BCUT2D eigenvalue weighted by atomic mass is 16.2. The summed E-state index contributed by atoms with van der Waals surface area (Å²) in [5, 5.41) is 14.6. The van der Waals surface area contributed by atoms with Gasteiger partial charge >= 0.3 is 0 Å². The zero-order chi connectivity index (χ0) is 15.6. The van der Waals surface area contributed by atoms with Crippen molar-refractivity contribution in [1.82, 2.24) is 5.32 Å². The Balaban J connectivity index is 2.17. The molecule has 0 bridgehead atoms. The summed E-state index contributed by atoms with van der Waals surface area (Å²) in [6.07, 6.45) is 2.05. The van der Waals surface area contributed by atoms with E-state index in [1.54, 1.807) is 32.0 Å². The molecule has 0 aliphatic heterocycles. The van der Waals surface area contributed by atoms with E-state index >= 15 is 0 Å². The van der Waals surface area contributed by atoms with E-state index in [0.29, 0.717) is 11.3 Å². The second kappa shape index (κ2) is 5.57. The van der Waals surface area contributed by atoms with Crippen LogP contribution in [0.4, 0.5) is 5.69 Å². The normalized spacial score (nSPS) is 14.2. The first-order valence-corrected chi connectivity index (χ1v) is 6.98. The van der Waals surface area contributed by atoms with Gasteiger partial charge in [-0.15, -0.1) is 0 Å². The quantitative estimate of drug-likeness (QED) is 0.891. The second-order valence-electron chi connectivity index (χ2n) is 5.97. The molecule has 0 heterocycles. The van der Waals surface area contributed by atoms with Crippen LogP contribution in [0.1, 0.15) is 42.6 Å². The van der Waals surface area contributed by atoms with Gasteiger partial charge in [0.05, 0.1) is 6.07 Å². The van der Waals surface area contributed by atoms with Gasteiger partial charge < -0.3 is 10.6 Å². The minimum atomic E-state index is -1.11. The van der Waals surface area contributed by atoms with Crippen molar-refractivity contribution in [2.24, 2.45) is 5.41 Å². The Bertz CT molecular complexity index is 625. The topological polar surface area (TPSA) is 82.0 Å². The van der Waals surface area contributed by atoms with Crippen molar-refractivity contribution >= 4 is 17.5 Å². The van der Waals surface area contributed by atoms with Crippen molar-refractivity contribution in [1.29, 1.82) is 5.26 Å². The molecular weight excluding hydrogens is 266 g/mol. The molecule has 1 aliphatic carbocycles.